The van der Waals surface area contributed by atoms with E-state index in [1.54, 1.807) is 0 Å². The average Bonchev–Trinajstić information content (AvgIpc) is 3.49. The first-order chi connectivity index (χ1) is 22.6. The van der Waals surface area contributed by atoms with E-state index in [9.17, 15) is 14.7 Å². The molecule has 2 atom stereocenters. The van der Waals surface area contributed by atoms with Crippen LogP contribution in [0.5, 0.6) is 0 Å². The molecule has 10 nitrogen and oxygen atoms in total. The number of amides is 2. The predicted molar refractivity (Wildman–Crippen MR) is 185 cm³/mol. The van der Waals surface area contributed by atoms with Crippen LogP contribution in [-0.4, -0.2) is 102 Å². The maximum atomic E-state index is 13.8. The van der Waals surface area contributed by atoms with E-state index in [0.717, 1.165) is 106 Å². The van der Waals surface area contributed by atoms with Crippen molar-refractivity contribution in [1.82, 2.24) is 30.4 Å². The number of aliphatic hydroxyl groups excluding tert-OH is 1. The van der Waals surface area contributed by atoms with Crippen LogP contribution in [0.2, 0.25) is 0 Å². The molecule has 2 fully saturated rings. The van der Waals surface area contributed by atoms with Crippen molar-refractivity contribution < 1.29 is 19.4 Å². The fourth-order valence-electron chi connectivity index (χ4n) is 7.00. The number of hydrogen-bond acceptors (Lipinski definition) is 9. The number of piperidine rings is 1. The van der Waals surface area contributed by atoms with Crippen LogP contribution >= 0.6 is 11.3 Å². The second-order valence-electron chi connectivity index (χ2n) is 14.5. The number of nitrogens with zero attached hydrogens (tertiary/aromatic N) is 4. The standard InChI is InChI=1S/C36H50N6O4S/c1-36(2,3)27-7-8-29-26(22-27)23-31-34(39-29)47-35(40-31)33(45)38-30(11-15-41-13-9-28(43)10-14-41)24-5-4-6-25(21-24)32(44)37-12-16-42-17-19-46-20-18-42/h4-6,21,23,27-28,30,43H,7-20,22H2,1-3H3,(H,37,44)(H,38,45)/t27-,30+/m0/s1. The minimum atomic E-state index is -0.309. The Balaban J connectivity index is 1.16. The van der Waals surface area contributed by atoms with Gasteiger partial charge in [0.2, 0.25) is 0 Å². The van der Waals surface area contributed by atoms with Crippen LogP contribution in [0.3, 0.4) is 0 Å². The topological polar surface area (TPSA) is 120 Å². The van der Waals surface area contributed by atoms with Crippen LogP contribution in [0.15, 0.2) is 30.3 Å². The van der Waals surface area contributed by atoms with Crippen molar-refractivity contribution in [3.8, 4) is 0 Å². The van der Waals surface area contributed by atoms with Gasteiger partial charge in [0.15, 0.2) is 5.01 Å². The fourth-order valence-corrected chi connectivity index (χ4v) is 7.84. The van der Waals surface area contributed by atoms with Gasteiger partial charge in [-0.2, -0.15) is 0 Å². The molecule has 0 radical (unpaired) electrons. The highest BCUT2D eigenvalue weighted by Gasteiger charge is 2.30. The summed E-state index contributed by atoms with van der Waals surface area (Å²) in [5, 5.41) is 16.7. The van der Waals surface area contributed by atoms with E-state index in [0.29, 0.717) is 29.5 Å². The molecule has 47 heavy (non-hydrogen) atoms. The summed E-state index contributed by atoms with van der Waals surface area (Å²) in [6, 6.07) is 9.43. The summed E-state index contributed by atoms with van der Waals surface area (Å²) >= 11 is 1.35. The van der Waals surface area contributed by atoms with Gasteiger partial charge >= 0.3 is 0 Å². The van der Waals surface area contributed by atoms with Gasteiger partial charge in [-0.15, -0.1) is 0 Å². The van der Waals surface area contributed by atoms with Crippen LogP contribution < -0.4 is 10.6 Å². The minimum absolute atomic E-state index is 0.120. The molecule has 254 valence electrons. The number of thiazole rings is 1. The lowest BCUT2D eigenvalue weighted by Crippen LogP contribution is -2.41. The molecular formula is C36H50N6O4S. The molecule has 0 saturated carbocycles. The van der Waals surface area contributed by atoms with Crippen LogP contribution in [0.1, 0.15) is 89.5 Å². The first-order valence-corrected chi connectivity index (χ1v) is 18.1. The average molecular weight is 663 g/mol. The number of benzene rings is 1. The summed E-state index contributed by atoms with van der Waals surface area (Å²) in [7, 11) is 0. The van der Waals surface area contributed by atoms with E-state index in [2.05, 4.69) is 47.3 Å². The van der Waals surface area contributed by atoms with Gasteiger partial charge in [-0.05, 0) is 79.2 Å². The van der Waals surface area contributed by atoms with E-state index in [1.165, 1.54) is 16.9 Å². The fraction of sp³-hybridized carbons (Fsp3) is 0.611. The number of fused-ring (bicyclic) bond motifs is 2. The third-order valence-corrected chi connectivity index (χ3v) is 11.1. The monoisotopic (exact) mass is 662 g/mol. The molecule has 1 aliphatic carbocycles. The maximum absolute atomic E-state index is 13.8. The summed E-state index contributed by atoms with van der Waals surface area (Å²) in [5.74, 6) is 0.255. The van der Waals surface area contributed by atoms with Gasteiger partial charge in [-0.1, -0.05) is 44.2 Å². The van der Waals surface area contributed by atoms with Crippen molar-refractivity contribution in [2.75, 3.05) is 59.0 Å². The van der Waals surface area contributed by atoms with Gasteiger partial charge in [0, 0.05) is 57.1 Å². The van der Waals surface area contributed by atoms with Crippen molar-refractivity contribution in [1.29, 1.82) is 0 Å². The Labute approximate surface area is 282 Å². The number of nitrogens with one attached hydrogen (secondary N) is 2. The summed E-state index contributed by atoms with van der Waals surface area (Å²) in [4.78, 5) is 42.1. The number of carbonyl (C=O) groups is 2. The Morgan fingerprint density at radius 3 is 2.55 bits per heavy atom. The first-order valence-electron chi connectivity index (χ1n) is 17.3. The minimum Gasteiger partial charge on any atom is -0.393 e. The molecule has 0 unspecified atom stereocenters. The second kappa shape index (κ2) is 15.1. The zero-order chi connectivity index (χ0) is 33.0. The number of aliphatic hydroxyl groups is 1. The highest BCUT2D eigenvalue weighted by atomic mass is 32.1. The number of likely N-dealkylation sites (tertiary alicyclic amines) is 1. The third-order valence-electron chi connectivity index (χ3n) is 10.1. The van der Waals surface area contributed by atoms with Gasteiger partial charge in [0.25, 0.3) is 11.8 Å². The molecule has 3 aliphatic rings. The SMILES string of the molecule is CC(C)(C)[C@H]1CCc2nc3sc(C(=O)N[C@H](CCN4CCC(O)CC4)c4cccc(C(=O)NCCN5CCOCC5)c4)nc3cc2C1. The number of rotatable bonds is 10. The van der Waals surface area contributed by atoms with Crippen LogP contribution in [0.4, 0.5) is 0 Å². The number of hydrogen-bond donors (Lipinski definition) is 3. The Morgan fingerprint density at radius 1 is 1.02 bits per heavy atom. The molecule has 2 aromatic heterocycles. The third kappa shape index (κ3) is 8.75. The number of morpholine rings is 1. The molecule has 3 N–H and O–H groups in total. The van der Waals surface area contributed by atoms with Crippen molar-refractivity contribution >= 4 is 33.5 Å². The lowest BCUT2D eigenvalue weighted by atomic mass is 9.71. The summed E-state index contributed by atoms with van der Waals surface area (Å²) in [6.45, 7) is 13.9. The molecule has 11 heteroatoms. The van der Waals surface area contributed by atoms with Gasteiger partial charge in [-0.3, -0.25) is 14.5 Å². The van der Waals surface area contributed by atoms with E-state index in [1.807, 2.05) is 24.3 Å². The number of carbonyl (C=O) groups excluding carboxylic acids is 2. The maximum Gasteiger partial charge on any atom is 0.280 e. The van der Waals surface area contributed by atoms with Gasteiger partial charge in [0.1, 0.15) is 10.3 Å². The van der Waals surface area contributed by atoms with Crippen molar-refractivity contribution in [3.05, 3.63) is 57.7 Å². The Hall–Kier alpha value is -2.96. The molecule has 4 heterocycles. The Bertz CT molecular complexity index is 1540. The number of ether oxygens (including phenoxy) is 1. The molecule has 0 spiro atoms. The number of aryl methyl sites for hydroxylation is 1. The van der Waals surface area contributed by atoms with Crippen LogP contribution in [-0.2, 0) is 17.6 Å². The summed E-state index contributed by atoms with van der Waals surface area (Å²) in [5.41, 5.74) is 4.88. The second-order valence-corrected chi connectivity index (χ2v) is 15.4. The zero-order valence-electron chi connectivity index (χ0n) is 28.1. The smallest absolute Gasteiger partial charge is 0.280 e. The van der Waals surface area contributed by atoms with Crippen molar-refractivity contribution in [2.45, 2.75) is 71.4 Å². The molecule has 2 saturated heterocycles. The summed E-state index contributed by atoms with van der Waals surface area (Å²) < 4.78 is 5.42. The summed E-state index contributed by atoms with van der Waals surface area (Å²) in [6.07, 6.45) is 5.04. The van der Waals surface area contributed by atoms with E-state index >= 15 is 0 Å². The molecule has 3 aromatic rings. The van der Waals surface area contributed by atoms with Crippen molar-refractivity contribution in [3.63, 3.8) is 0 Å². The van der Waals surface area contributed by atoms with Gasteiger partial charge in [-0.25, -0.2) is 9.97 Å². The quantitative estimate of drug-likeness (QED) is 0.295. The molecule has 2 aliphatic heterocycles. The zero-order valence-corrected chi connectivity index (χ0v) is 28.9. The predicted octanol–water partition coefficient (Wildman–Crippen LogP) is 4.22. The van der Waals surface area contributed by atoms with E-state index in [4.69, 9.17) is 14.7 Å². The highest BCUT2D eigenvalue weighted by molar-refractivity contribution is 7.19. The van der Waals surface area contributed by atoms with Gasteiger partial charge < -0.3 is 25.4 Å². The Morgan fingerprint density at radius 2 is 1.79 bits per heavy atom. The molecule has 2 amide bonds. The number of aromatic nitrogens is 2. The highest BCUT2D eigenvalue weighted by Crippen LogP contribution is 2.38. The molecule has 1 aromatic carbocycles. The molecule has 0 bridgehead atoms. The van der Waals surface area contributed by atoms with E-state index < -0.39 is 0 Å². The molecule has 6 rings (SSSR count). The first kappa shape index (κ1) is 33.9. The number of pyridine rings is 1. The van der Waals surface area contributed by atoms with Gasteiger partial charge in [0.05, 0.1) is 25.4 Å². The normalized spacial score (nSPS) is 20.6. The van der Waals surface area contributed by atoms with Crippen LogP contribution in [0, 0.1) is 11.3 Å². The lowest BCUT2D eigenvalue weighted by Gasteiger charge is -2.34. The lowest BCUT2D eigenvalue weighted by molar-refractivity contribution is 0.0383. The van der Waals surface area contributed by atoms with Crippen LogP contribution in [0.25, 0.3) is 10.3 Å². The van der Waals surface area contributed by atoms with E-state index in [-0.39, 0.29) is 29.4 Å². The molecular weight excluding hydrogens is 613 g/mol. The largest absolute Gasteiger partial charge is 0.393 e. The van der Waals surface area contributed by atoms with Crippen molar-refractivity contribution in [2.24, 2.45) is 11.3 Å². The Kier molecular flexibility index (Phi) is 10.9.